The summed E-state index contributed by atoms with van der Waals surface area (Å²) < 4.78 is 42.0. The number of amides is 1. The summed E-state index contributed by atoms with van der Waals surface area (Å²) in [6.45, 7) is 3.05. The molecule has 3 heterocycles. The second-order valence-corrected chi connectivity index (χ2v) is 9.29. The summed E-state index contributed by atoms with van der Waals surface area (Å²) >= 11 is 6.05. The highest BCUT2D eigenvalue weighted by Gasteiger charge is 2.52. The number of pyridine rings is 1. The van der Waals surface area contributed by atoms with Crippen molar-refractivity contribution < 1.29 is 18.0 Å². The Kier molecular flexibility index (Phi) is 4.55. The average molecular weight is 449 g/mol. The molecule has 1 saturated heterocycles. The second-order valence-electron chi connectivity index (χ2n) is 8.86. The molecule has 5 rings (SSSR count). The van der Waals surface area contributed by atoms with E-state index in [1.165, 1.54) is 6.07 Å². The number of hydrogen-bond donors (Lipinski definition) is 0. The Morgan fingerprint density at radius 1 is 1.19 bits per heavy atom. The number of fused-ring (bicyclic) bond motifs is 2. The lowest BCUT2D eigenvalue weighted by Crippen LogP contribution is -2.32. The molecule has 1 saturated carbocycles. The van der Waals surface area contributed by atoms with E-state index >= 15 is 0 Å². The van der Waals surface area contributed by atoms with Gasteiger partial charge in [0.25, 0.3) is 5.91 Å². The summed E-state index contributed by atoms with van der Waals surface area (Å²) in [7, 11) is 0. The minimum absolute atomic E-state index is 0.130. The van der Waals surface area contributed by atoms with Crippen molar-refractivity contribution >= 4 is 23.2 Å². The van der Waals surface area contributed by atoms with E-state index in [-0.39, 0.29) is 29.0 Å². The molecule has 0 unspecified atom stereocenters. The number of benzene rings is 1. The molecule has 2 aromatic heterocycles. The second kappa shape index (κ2) is 6.95. The zero-order chi connectivity index (χ0) is 22.0. The fourth-order valence-electron chi connectivity index (χ4n) is 5.35. The number of hydrogen-bond acceptors (Lipinski definition) is 3. The van der Waals surface area contributed by atoms with Gasteiger partial charge >= 0.3 is 6.18 Å². The molecule has 1 amide bonds. The molecule has 1 aliphatic heterocycles. The highest BCUT2D eigenvalue weighted by molar-refractivity contribution is 6.30. The van der Waals surface area contributed by atoms with Crippen LogP contribution in [0.25, 0.3) is 5.65 Å². The van der Waals surface area contributed by atoms with Crippen molar-refractivity contribution in [3.8, 4) is 0 Å². The normalized spacial score (nSPS) is 25.9. The van der Waals surface area contributed by atoms with Crippen LogP contribution in [0.2, 0.25) is 5.02 Å². The quantitative estimate of drug-likeness (QED) is 0.550. The van der Waals surface area contributed by atoms with Crippen molar-refractivity contribution in [3.05, 3.63) is 64.6 Å². The van der Waals surface area contributed by atoms with Crippen LogP contribution in [-0.4, -0.2) is 38.5 Å². The third kappa shape index (κ3) is 3.37. The standard InChI is InChI=1S/C22H20ClF3N4O/c1-21-9-13(16-4-2-3-5-17(16)22(24,25)26)8-14(21)10-29(12-21)20(31)19-28-27-18-7-6-15(23)11-30(18)19/h2-7,11,13-14H,8-10,12H2,1H3/t13-,14-,21+/m1/s1. The predicted octanol–water partition coefficient (Wildman–Crippen LogP) is 5.06. The van der Waals surface area contributed by atoms with Crippen LogP contribution in [0.15, 0.2) is 42.6 Å². The van der Waals surface area contributed by atoms with Gasteiger partial charge in [-0.05, 0) is 53.9 Å². The molecule has 0 N–H and O–H groups in total. The van der Waals surface area contributed by atoms with Gasteiger partial charge in [-0.25, -0.2) is 0 Å². The largest absolute Gasteiger partial charge is 0.416 e. The third-order valence-corrected chi connectivity index (χ3v) is 7.03. The first-order valence-electron chi connectivity index (χ1n) is 10.1. The van der Waals surface area contributed by atoms with Gasteiger partial charge in [0.15, 0.2) is 5.65 Å². The molecule has 3 aromatic rings. The first-order valence-corrected chi connectivity index (χ1v) is 10.5. The Bertz CT molecular complexity index is 1180. The fourth-order valence-corrected chi connectivity index (χ4v) is 5.51. The highest BCUT2D eigenvalue weighted by Crippen LogP contribution is 2.55. The van der Waals surface area contributed by atoms with E-state index in [4.69, 9.17) is 11.6 Å². The van der Waals surface area contributed by atoms with Crippen LogP contribution in [0.4, 0.5) is 13.2 Å². The van der Waals surface area contributed by atoms with Crippen molar-refractivity contribution in [1.29, 1.82) is 0 Å². The maximum Gasteiger partial charge on any atom is 0.416 e. The first-order chi connectivity index (χ1) is 14.7. The van der Waals surface area contributed by atoms with Gasteiger partial charge in [-0.1, -0.05) is 36.7 Å². The topological polar surface area (TPSA) is 50.5 Å². The van der Waals surface area contributed by atoms with Gasteiger partial charge < -0.3 is 4.90 Å². The number of likely N-dealkylation sites (tertiary alicyclic amines) is 1. The summed E-state index contributed by atoms with van der Waals surface area (Å²) in [5, 5.41) is 8.53. The van der Waals surface area contributed by atoms with Gasteiger partial charge in [0, 0.05) is 19.3 Å². The maximum absolute atomic E-state index is 13.5. The van der Waals surface area contributed by atoms with Crippen molar-refractivity contribution in [2.45, 2.75) is 31.9 Å². The number of alkyl halides is 3. The molecule has 9 heteroatoms. The zero-order valence-corrected chi connectivity index (χ0v) is 17.5. The first kappa shape index (κ1) is 20.3. The molecular formula is C22H20ClF3N4O. The smallest absolute Gasteiger partial charge is 0.335 e. The van der Waals surface area contributed by atoms with Gasteiger partial charge in [-0.3, -0.25) is 9.20 Å². The molecule has 0 bridgehead atoms. The minimum Gasteiger partial charge on any atom is -0.335 e. The Morgan fingerprint density at radius 3 is 2.71 bits per heavy atom. The van der Waals surface area contributed by atoms with Crippen molar-refractivity contribution in [1.82, 2.24) is 19.5 Å². The number of rotatable bonds is 2. The molecule has 1 aliphatic carbocycles. The summed E-state index contributed by atoms with van der Waals surface area (Å²) in [6.07, 6.45) is -1.53. The van der Waals surface area contributed by atoms with E-state index in [2.05, 4.69) is 17.1 Å². The zero-order valence-electron chi connectivity index (χ0n) is 16.7. The molecule has 2 fully saturated rings. The van der Waals surface area contributed by atoms with E-state index < -0.39 is 11.7 Å². The molecule has 0 spiro atoms. The van der Waals surface area contributed by atoms with Crippen LogP contribution in [-0.2, 0) is 6.18 Å². The fraction of sp³-hybridized carbons (Fsp3) is 0.409. The Labute approximate surface area is 181 Å². The molecule has 3 atom stereocenters. The molecular weight excluding hydrogens is 429 g/mol. The number of halogens is 4. The van der Waals surface area contributed by atoms with Crippen LogP contribution >= 0.6 is 11.6 Å². The Morgan fingerprint density at radius 2 is 1.97 bits per heavy atom. The molecule has 2 aliphatic rings. The maximum atomic E-state index is 13.5. The monoisotopic (exact) mass is 448 g/mol. The lowest BCUT2D eigenvalue weighted by molar-refractivity contribution is -0.138. The van der Waals surface area contributed by atoms with E-state index in [9.17, 15) is 18.0 Å². The van der Waals surface area contributed by atoms with E-state index in [1.807, 2.05) is 0 Å². The van der Waals surface area contributed by atoms with Crippen LogP contribution in [0.3, 0.4) is 0 Å². The predicted molar refractivity (Wildman–Crippen MR) is 109 cm³/mol. The lowest BCUT2D eigenvalue weighted by Gasteiger charge is -2.25. The van der Waals surface area contributed by atoms with Crippen LogP contribution in [0.5, 0.6) is 0 Å². The number of aromatic nitrogens is 3. The SMILES string of the molecule is C[C@@]12C[C@H](c3ccccc3C(F)(F)F)C[C@@H]1CN(C(=O)c1nnc3ccc(Cl)cn13)C2. The average Bonchev–Trinajstić information content (AvgIpc) is 3.36. The van der Waals surface area contributed by atoms with E-state index in [0.717, 1.165) is 6.07 Å². The lowest BCUT2D eigenvalue weighted by atomic mass is 9.82. The number of nitrogens with zero attached hydrogens (tertiary/aromatic N) is 4. The summed E-state index contributed by atoms with van der Waals surface area (Å²) in [6, 6.07) is 9.21. The molecule has 162 valence electrons. The van der Waals surface area contributed by atoms with Crippen LogP contribution < -0.4 is 0 Å². The van der Waals surface area contributed by atoms with Crippen LogP contribution in [0, 0.1) is 11.3 Å². The molecule has 1 aromatic carbocycles. The molecule has 0 radical (unpaired) electrons. The van der Waals surface area contributed by atoms with Crippen molar-refractivity contribution in [3.63, 3.8) is 0 Å². The van der Waals surface area contributed by atoms with Gasteiger partial charge in [0.05, 0.1) is 10.6 Å². The van der Waals surface area contributed by atoms with Gasteiger partial charge in [0.2, 0.25) is 5.82 Å². The third-order valence-electron chi connectivity index (χ3n) is 6.81. The number of carbonyl (C=O) groups is 1. The van der Waals surface area contributed by atoms with Gasteiger partial charge in [-0.15, -0.1) is 10.2 Å². The van der Waals surface area contributed by atoms with Crippen LogP contribution in [0.1, 0.15) is 47.4 Å². The van der Waals surface area contributed by atoms with Gasteiger partial charge in [-0.2, -0.15) is 13.2 Å². The van der Waals surface area contributed by atoms with E-state index in [0.29, 0.717) is 42.2 Å². The molecule has 5 nitrogen and oxygen atoms in total. The Hall–Kier alpha value is -2.61. The number of carbonyl (C=O) groups excluding carboxylic acids is 1. The summed E-state index contributed by atoms with van der Waals surface area (Å²) in [4.78, 5) is 14.9. The van der Waals surface area contributed by atoms with Crippen molar-refractivity contribution in [2.24, 2.45) is 11.3 Å². The summed E-state index contributed by atoms with van der Waals surface area (Å²) in [5.41, 5.74) is 0.101. The Balaban J connectivity index is 1.37. The molecule has 31 heavy (non-hydrogen) atoms. The minimum atomic E-state index is -4.37. The summed E-state index contributed by atoms with van der Waals surface area (Å²) in [5.74, 6) is -0.0824. The van der Waals surface area contributed by atoms with Crippen molar-refractivity contribution in [2.75, 3.05) is 13.1 Å². The van der Waals surface area contributed by atoms with E-state index in [1.54, 1.807) is 39.8 Å². The van der Waals surface area contributed by atoms with Gasteiger partial charge in [0.1, 0.15) is 0 Å². The highest BCUT2D eigenvalue weighted by atomic mass is 35.5.